The van der Waals surface area contributed by atoms with Crippen molar-refractivity contribution in [3.05, 3.63) is 0 Å². The fourth-order valence-electron chi connectivity index (χ4n) is 3.52. The summed E-state index contributed by atoms with van der Waals surface area (Å²) in [5.74, 6) is -0.366. The molecule has 0 aliphatic carbocycles. The molecule has 1 amide bonds. The van der Waals surface area contributed by atoms with Gasteiger partial charge in [-0.25, -0.2) is 0 Å². The van der Waals surface area contributed by atoms with Gasteiger partial charge in [0.2, 0.25) is 11.0 Å². The molecule has 9 nitrogen and oxygen atoms in total. The van der Waals surface area contributed by atoms with Gasteiger partial charge in [0.05, 0.1) is 17.4 Å². The molecule has 0 radical (unpaired) electrons. The molecular formula is C29H59N3O6S. The molecule has 5 N–H and O–H groups in total. The first kappa shape index (κ1) is 39.9. The number of aliphatic hydroxyl groups is 1. The molecule has 0 aromatic carbocycles. The third-order valence-corrected chi connectivity index (χ3v) is 7.71. The standard InChI is InChI=1S/C23H44N2O5S.C6H15NO/c1-16(2)10-12-24-18(26)14-23(8,9)30-13-11-17(3)25-31-20(29)22(6,7)15-21(4,5)19(27)28;1-6(2,7-3)4-5-8/h16-17,25H,10-15H2,1-9H3,(H,24,26)(H,27,28);7-8H,4-5H2,1-3H3. The molecule has 0 saturated heterocycles. The molecule has 0 saturated carbocycles. The van der Waals surface area contributed by atoms with E-state index in [2.05, 4.69) is 43.1 Å². The second-order valence-electron chi connectivity index (χ2n) is 13.4. The summed E-state index contributed by atoms with van der Waals surface area (Å²) in [5.41, 5.74) is -2.20. The van der Waals surface area contributed by atoms with Crippen LogP contribution in [0.2, 0.25) is 0 Å². The van der Waals surface area contributed by atoms with Crippen LogP contribution in [0.5, 0.6) is 0 Å². The molecule has 232 valence electrons. The highest BCUT2D eigenvalue weighted by atomic mass is 32.2. The molecule has 0 spiro atoms. The van der Waals surface area contributed by atoms with E-state index >= 15 is 0 Å². The Bertz CT molecular complexity index is 739. The van der Waals surface area contributed by atoms with E-state index in [1.165, 1.54) is 0 Å². The van der Waals surface area contributed by atoms with Crippen molar-refractivity contribution in [2.24, 2.45) is 16.7 Å². The molecule has 0 aliphatic heterocycles. The van der Waals surface area contributed by atoms with Crippen molar-refractivity contribution in [2.45, 2.75) is 125 Å². The molecule has 0 aromatic rings. The lowest BCUT2D eigenvalue weighted by Crippen LogP contribution is -2.37. The minimum Gasteiger partial charge on any atom is -0.481 e. The maximum absolute atomic E-state index is 12.6. The van der Waals surface area contributed by atoms with Crippen molar-refractivity contribution in [1.82, 2.24) is 15.4 Å². The van der Waals surface area contributed by atoms with Crippen LogP contribution in [0.3, 0.4) is 0 Å². The Hall–Kier alpha value is -1.20. The smallest absolute Gasteiger partial charge is 0.309 e. The zero-order chi connectivity index (χ0) is 31.1. The van der Waals surface area contributed by atoms with Gasteiger partial charge in [-0.2, -0.15) is 0 Å². The molecular weight excluding hydrogens is 518 g/mol. The molecule has 0 rings (SSSR count). The molecule has 0 fully saturated rings. The quantitative estimate of drug-likeness (QED) is 0.146. The van der Waals surface area contributed by atoms with E-state index in [1.54, 1.807) is 27.7 Å². The molecule has 1 unspecified atom stereocenters. The lowest BCUT2D eigenvalue weighted by Gasteiger charge is -2.30. The topological polar surface area (TPSA) is 137 Å². The largest absolute Gasteiger partial charge is 0.481 e. The number of aliphatic hydroxyl groups excluding tert-OH is 1. The summed E-state index contributed by atoms with van der Waals surface area (Å²) < 4.78 is 9.03. The van der Waals surface area contributed by atoms with Crippen LogP contribution in [0.4, 0.5) is 0 Å². The molecule has 39 heavy (non-hydrogen) atoms. The van der Waals surface area contributed by atoms with Gasteiger partial charge in [0.15, 0.2) is 0 Å². The zero-order valence-corrected chi connectivity index (χ0v) is 27.6. The highest BCUT2D eigenvalue weighted by Gasteiger charge is 2.39. The first-order chi connectivity index (χ1) is 17.6. The maximum atomic E-state index is 12.6. The molecule has 0 bridgehead atoms. The van der Waals surface area contributed by atoms with Crippen molar-refractivity contribution in [3.8, 4) is 0 Å². The Morgan fingerprint density at radius 3 is 1.92 bits per heavy atom. The van der Waals surface area contributed by atoms with Crippen molar-refractivity contribution in [3.63, 3.8) is 0 Å². The monoisotopic (exact) mass is 577 g/mol. The number of aliphatic carboxylic acids is 1. The number of carboxylic acids is 1. The summed E-state index contributed by atoms with van der Waals surface area (Å²) in [7, 11) is 1.90. The molecule has 0 heterocycles. The van der Waals surface area contributed by atoms with Crippen LogP contribution in [0.15, 0.2) is 0 Å². The van der Waals surface area contributed by atoms with Crippen LogP contribution in [0, 0.1) is 16.7 Å². The average Bonchev–Trinajstić information content (AvgIpc) is 2.76. The van der Waals surface area contributed by atoms with E-state index in [9.17, 15) is 19.5 Å². The summed E-state index contributed by atoms with van der Waals surface area (Å²) >= 11 is 1.02. The average molecular weight is 578 g/mol. The SMILES string of the molecule is CC(C)CCNC(=O)CC(C)(C)OCCC(C)NSC(=O)C(C)(C)CC(C)(C)C(=O)O.CNC(C)(C)CCO. The van der Waals surface area contributed by atoms with E-state index in [-0.39, 0.29) is 35.6 Å². The van der Waals surface area contributed by atoms with Crippen molar-refractivity contribution < 1.29 is 29.3 Å². The Morgan fingerprint density at radius 2 is 1.49 bits per heavy atom. The number of nitrogens with one attached hydrogen (secondary N) is 3. The third kappa shape index (κ3) is 20.3. The van der Waals surface area contributed by atoms with Gasteiger partial charge in [0, 0.05) is 36.8 Å². The van der Waals surface area contributed by atoms with Gasteiger partial charge < -0.3 is 25.6 Å². The first-order valence-corrected chi connectivity index (χ1v) is 14.8. The van der Waals surface area contributed by atoms with E-state index in [4.69, 9.17) is 9.84 Å². The van der Waals surface area contributed by atoms with Gasteiger partial charge in [-0.1, -0.05) is 27.7 Å². The van der Waals surface area contributed by atoms with E-state index < -0.39 is 22.4 Å². The summed E-state index contributed by atoms with van der Waals surface area (Å²) in [6.07, 6.45) is 3.00. The summed E-state index contributed by atoms with van der Waals surface area (Å²) in [6, 6.07) is 0.0212. The molecule has 10 heteroatoms. The summed E-state index contributed by atoms with van der Waals surface area (Å²) in [5, 5.41) is 23.7. The molecule has 0 aromatic heterocycles. The van der Waals surface area contributed by atoms with Crippen LogP contribution in [0.25, 0.3) is 0 Å². The third-order valence-electron chi connectivity index (χ3n) is 6.46. The van der Waals surface area contributed by atoms with Gasteiger partial charge in [-0.15, -0.1) is 0 Å². The van der Waals surface area contributed by atoms with E-state index in [0.717, 1.165) is 24.8 Å². The fourth-order valence-corrected chi connectivity index (χ4v) is 4.30. The van der Waals surface area contributed by atoms with E-state index in [1.807, 2.05) is 27.8 Å². The van der Waals surface area contributed by atoms with Crippen molar-refractivity contribution >= 4 is 28.9 Å². The fraction of sp³-hybridized carbons (Fsp3) is 0.897. The zero-order valence-electron chi connectivity index (χ0n) is 26.7. The number of carbonyl (C=O) groups is 3. The van der Waals surface area contributed by atoms with Crippen molar-refractivity contribution in [1.29, 1.82) is 0 Å². The Morgan fingerprint density at radius 1 is 0.923 bits per heavy atom. The van der Waals surface area contributed by atoms with Gasteiger partial charge >= 0.3 is 5.97 Å². The van der Waals surface area contributed by atoms with Crippen LogP contribution in [-0.2, 0) is 19.1 Å². The predicted molar refractivity (Wildman–Crippen MR) is 162 cm³/mol. The first-order valence-electron chi connectivity index (χ1n) is 14.0. The lowest BCUT2D eigenvalue weighted by molar-refractivity contribution is -0.149. The number of rotatable bonds is 18. The predicted octanol–water partition coefficient (Wildman–Crippen LogP) is 4.77. The Labute approximate surface area is 242 Å². The minimum absolute atomic E-state index is 0.00973. The summed E-state index contributed by atoms with van der Waals surface area (Å²) in [6.45, 7) is 22.3. The van der Waals surface area contributed by atoms with Crippen LogP contribution in [-0.4, -0.2) is 71.2 Å². The lowest BCUT2D eigenvalue weighted by atomic mass is 9.76. The van der Waals surface area contributed by atoms with Gasteiger partial charge in [0.1, 0.15) is 0 Å². The van der Waals surface area contributed by atoms with Crippen LogP contribution >= 0.6 is 11.9 Å². The van der Waals surface area contributed by atoms with Gasteiger partial charge in [-0.05, 0) is 99.1 Å². The highest BCUT2D eigenvalue weighted by Crippen LogP contribution is 2.37. The number of ether oxygens (including phenoxy) is 1. The minimum atomic E-state index is -0.966. The number of amides is 1. The number of hydrogen-bond donors (Lipinski definition) is 5. The van der Waals surface area contributed by atoms with Crippen LogP contribution in [0.1, 0.15) is 108 Å². The maximum Gasteiger partial charge on any atom is 0.309 e. The Balaban J connectivity index is 0. The summed E-state index contributed by atoms with van der Waals surface area (Å²) in [4.78, 5) is 36.0. The number of carbonyl (C=O) groups excluding carboxylic acids is 2. The van der Waals surface area contributed by atoms with E-state index in [0.29, 0.717) is 31.9 Å². The number of hydrogen-bond acceptors (Lipinski definition) is 8. The second-order valence-corrected chi connectivity index (χ2v) is 14.2. The van der Waals surface area contributed by atoms with Crippen LogP contribution < -0.4 is 15.4 Å². The molecule has 1 atom stereocenters. The Kier molecular flexibility index (Phi) is 18.7. The normalized spacial score (nSPS) is 13.5. The van der Waals surface area contributed by atoms with Gasteiger partial charge in [-0.3, -0.25) is 19.1 Å². The van der Waals surface area contributed by atoms with Crippen molar-refractivity contribution in [2.75, 3.05) is 26.8 Å². The molecule has 0 aliphatic rings. The number of carboxylic acid groups (broad SMARTS) is 1. The second kappa shape index (κ2) is 18.3. The van der Waals surface area contributed by atoms with Gasteiger partial charge in [0.25, 0.3) is 0 Å². The highest BCUT2D eigenvalue weighted by molar-refractivity contribution is 8.12.